The average molecular weight is 340 g/mol. The van der Waals surface area contributed by atoms with Crippen LogP contribution in [0.25, 0.3) is 21.8 Å². The van der Waals surface area contributed by atoms with Gasteiger partial charge in [0.1, 0.15) is 0 Å². The molecule has 0 aliphatic heterocycles. The maximum atomic E-state index is 11.9. The number of aromatic nitrogens is 3. The molecule has 2 heterocycles. The van der Waals surface area contributed by atoms with Crippen molar-refractivity contribution in [2.75, 3.05) is 6.26 Å². The molecule has 1 saturated carbocycles. The molecule has 1 amide bonds. The van der Waals surface area contributed by atoms with Gasteiger partial charge in [-0.25, -0.2) is 9.97 Å². The summed E-state index contributed by atoms with van der Waals surface area (Å²) in [5, 5.41) is 2.63. The van der Waals surface area contributed by atoms with Crippen LogP contribution < -0.4 is 5.73 Å². The van der Waals surface area contributed by atoms with Gasteiger partial charge >= 0.3 is 0 Å². The summed E-state index contributed by atoms with van der Waals surface area (Å²) < 4.78 is 2.24. The van der Waals surface area contributed by atoms with Crippen LogP contribution in [0.1, 0.15) is 48.5 Å². The molecule has 1 aliphatic carbocycles. The van der Waals surface area contributed by atoms with E-state index in [1.165, 1.54) is 31.0 Å². The van der Waals surface area contributed by atoms with Crippen molar-refractivity contribution in [1.29, 1.82) is 0 Å². The number of carbonyl (C=O) groups excluding carboxylic acids is 1. The Morgan fingerprint density at radius 3 is 2.79 bits per heavy atom. The lowest BCUT2D eigenvalue weighted by Crippen LogP contribution is -2.13. The van der Waals surface area contributed by atoms with Crippen LogP contribution in [0.4, 0.5) is 0 Å². The molecule has 5 nitrogen and oxygen atoms in total. The van der Waals surface area contributed by atoms with Gasteiger partial charge in [0.05, 0.1) is 16.6 Å². The fourth-order valence-electron chi connectivity index (χ4n) is 3.76. The lowest BCUT2D eigenvalue weighted by Gasteiger charge is -2.24. The summed E-state index contributed by atoms with van der Waals surface area (Å²) in [4.78, 5) is 21.0. The molecule has 1 fully saturated rings. The molecule has 1 aromatic carbocycles. The highest BCUT2D eigenvalue weighted by Crippen LogP contribution is 2.36. The molecule has 124 valence electrons. The maximum Gasteiger partial charge on any atom is 0.250 e. The van der Waals surface area contributed by atoms with Crippen LogP contribution in [0.5, 0.6) is 0 Å². The third-order valence-electron chi connectivity index (χ3n) is 4.94. The molecule has 1 aliphatic rings. The van der Waals surface area contributed by atoms with Gasteiger partial charge in [-0.1, -0.05) is 43.2 Å². The Morgan fingerprint density at radius 1 is 1.29 bits per heavy atom. The Bertz CT molecular complexity index is 928. The molecular weight excluding hydrogens is 320 g/mol. The van der Waals surface area contributed by atoms with Gasteiger partial charge in [-0.3, -0.25) is 4.79 Å². The fraction of sp³-hybridized carbons (Fsp3) is 0.389. The number of amides is 1. The minimum absolute atomic E-state index is 0.381. The van der Waals surface area contributed by atoms with E-state index in [1.54, 1.807) is 0 Å². The van der Waals surface area contributed by atoms with E-state index < -0.39 is 0 Å². The first-order valence-corrected chi connectivity index (χ1v) is 9.55. The second-order valence-electron chi connectivity index (χ2n) is 6.36. The van der Waals surface area contributed by atoms with Crippen LogP contribution in [0.2, 0.25) is 0 Å². The van der Waals surface area contributed by atoms with Gasteiger partial charge in [-0.2, -0.15) is 0 Å². The van der Waals surface area contributed by atoms with Crippen molar-refractivity contribution in [3.8, 4) is 0 Å². The van der Waals surface area contributed by atoms with E-state index in [1.807, 2.05) is 30.8 Å². The van der Waals surface area contributed by atoms with Crippen molar-refractivity contribution in [2.24, 2.45) is 5.73 Å². The molecule has 0 saturated heterocycles. The summed E-state index contributed by atoms with van der Waals surface area (Å²) in [6.07, 6.45) is 11.8. The van der Waals surface area contributed by atoms with Crippen molar-refractivity contribution < 1.29 is 4.79 Å². The maximum absolute atomic E-state index is 11.9. The number of primary amides is 1. The standard InChI is InChI=1S/C18H20N4OS/c1-24-18-20-9-11-7-8-13-14(17(19)23)10-22(16(13)15(11)21-18)12-5-3-2-4-6-12/h7-10,12H,2-6H2,1H3,(H2,19,23). The van der Waals surface area contributed by atoms with Crippen LogP contribution in [0.3, 0.4) is 0 Å². The predicted octanol–water partition coefficient (Wildman–Crippen LogP) is 3.91. The predicted molar refractivity (Wildman–Crippen MR) is 97.5 cm³/mol. The molecule has 3 aromatic rings. The molecule has 2 aromatic heterocycles. The third kappa shape index (κ3) is 2.45. The molecule has 6 heteroatoms. The highest BCUT2D eigenvalue weighted by atomic mass is 32.2. The molecule has 0 unspecified atom stereocenters. The van der Waals surface area contributed by atoms with Gasteiger partial charge in [0.25, 0.3) is 5.91 Å². The zero-order valence-corrected chi connectivity index (χ0v) is 14.5. The lowest BCUT2D eigenvalue weighted by atomic mass is 9.95. The first kappa shape index (κ1) is 15.4. The first-order chi connectivity index (χ1) is 11.7. The third-order valence-corrected chi connectivity index (χ3v) is 5.50. The van der Waals surface area contributed by atoms with Crippen LogP contribution in [-0.2, 0) is 0 Å². The number of benzene rings is 1. The number of rotatable bonds is 3. The first-order valence-electron chi connectivity index (χ1n) is 8.33. The second-order valence-corrected chi connectivity index (χ2v) is 7.14. The summed E-state index contributed by atoms with van der Waals surface area (Å²) in [6, 6.07) is 4.35. The van der Waals surface area contributed by atoms with Crippen LogP contribution >= 0.6 is 11.8 Å². The fourth-order valence-corrected chi connectivity index (χ4v) is 4.10. The zero-order chi connectivity index (χ0) is 16.7. The van der Waals surface area contributed by atoms with Gasteiger partial charge in [0, 0.05) is 29.2 Å². The van der Waals surface area contributed by atoms with Crippen molar-refractivity contribution in [3.05, 3.63) is 30.1 Å². The van der Waals surface area contributed by atoms with Gasteiger partial charge < -0.3 is 10.3 Å². The summed E-state index contributed by atoms with van der Waals surface area (Å²) in [5.74, 6) is -0.381. The summed E-state index contributed by atoms with van der Waals surface area (Å²) in [7, 11) is 0. The molecule has 2 N–H and O–H groups in total. The van der Waals surface area contributed by atoms with E-state index in [0.717, 1.165) is 39.8 Å². The number of fused-ring (bicyclic) bond motifs is 3. The number of nitrogens with zero attached hydrogens (tertiary/aromatic N) is 3. The highest BCUT2D eigenvalue weighted by molar-refractivity contribution is 7.98. The molecule has 4 rings (SSSR count). The Labute approximate surface area is 144 Å². The van der Waals surface area contributed by atoms with Gasteiger partial charge in [0.2, 0.25) is 0 Å². The smallest absolute Gasteiger partial charge is 0.250 e. The quantitative estimate of drug-likeness (QED) is 0.579. The van der Waals surface area contributed by atoms with E-state index in [9.17, 15) is 4.79 Å². The Morgan fingerprint density at radius 2 is 2.08 bits per heavy atom. The summed E-state index contributed by atoms with van der Waals surface area (Å²) in [5.41, 5.74) is 8.15. The number of nitrogens with two attached hydrogens (primary N) is 1. The van der Waals surface area contributed by atoms with Crippen molar-refractivity contribution in [3.63, 3.8) is 0 Å². The van der Waals surface area contributed by atoms with Crippen molar-refractivity contribution in [2.45, 2.75) is 43.3 Å². The zero-order valence-electron chi connectivity index (χ0n) is 13.7. The van der Waals surface area contributed by atoms with Crippen molar-refractivity contribution >= 4 is 39.5 Å². The van der Waals surface area contributed by atoms with Gasteiger partial charge in [-0.05, 0) is 19.1 Å². The molecule has 0 spiro atoms. The lowest BCUT2D eigenvalue weighted by molar-refractivity contribution is 0.100. The van der Waals surface area contributed by atoms with E-state index in [-0.39, 0.29) is 5.91 Å². The summed E-state index contributed by atoms with van der Waals surface area (Å²) >= 11 is 1.52. The van der Waals surface area contributed by atoms with Crippen molar-refractivity contribution in [1.82, 2.24) is 14.5 Å². The Kier molecular flexibility index (Phi) is 3.92. The molecule has 0 atom stereocenters. The highest BCUT2D eigenvalue weighted by Gasteiger charge is 2.22. The van der Waals surface area contributed by atoms with Gasteiger partial charge in [0.15, 0.2) is 5.16 Å². The van der Waals surface area contributed by atoms with Gasteiger partial charge in [-0.15, -0.1) is 0 Å². The van der Waals surface area contributed by atoms with E-state index >= 15 is 0 Å². The van der Waals surface area contributed by atoms with E-state index in [0.29, 0.717) is 11.6 Å². The minimum atomic E-state index is -0.381. The number of hydrogen-bond donors (Lipinski definition) is 1. The number of thioether (sulfide) groups is 1. The normalized spacial score (nSPS) is 16.0. The van der Waals surface area contributed by atoms with Crippen LogP contribution in [0, 0.1) is 0 Å². The molecule has 0 bridgehead atoms. The van der Waals surface area contributed by atoms with E-state index in [2.05, 4.69) is 9.55 Å². The monoisotopic (exact) mass is 340 g/mol. The Balaban J connectivity index is 2.05. The van der Waals surface area contributed by atoms with E-state index in [4.69, 9.17) is 10.7 Å². The molecule has 24 heavy (non-hydrogen) atoms. The second kappa shape index (κ2) is 6.09. The number of hydrogen-bond acceptors (Lipinski definition) is 4. The largest absolute Gasteiger partial charge is 0.366 e. The van der Waals surface area contributed by atoms with Crippen LogP contribution in [0.15, 0.2) is 29.7 Å². The average Bonchev–Trinajstić information content (AvgIpc) is 3.02. The minimum Gasteiger partial charge on any atom is -0.366 e. The number of carbonyl (C=O) groups is 1. The summed E-state index contributed by atoms with van der Waals surface area (Å²) in [6.45, 7) is 0. The topological polar surface area (TPSA) is 73.8 Å². The molecule has 0 radical (unpaired) electrons. The van der Waals surface area contributed by atoms with Crippen LogP contribution in [-0.4, -0.2) is 26.7 Å². The Hall–Kier alpha value is -2.08. The molecular formula is C18H20N4OS. The SMILES string of the molecule is CSc1ncc2ccc3c(C(N)=O)cn(C4CCCCC4)c3c2n1.